The van der Waals surface area contributed by atoms with E-state index in [-0.39, 0.29) is 18.8 Å². The summed E-state index contributed by atoms with van der Waals surface area (Å²) in [5.74, 6) is 0.206. The van der Waals surface area contributed by atoms with Crippen LogP contribution in [0.4, 0.5) is 16.3 Å². The number of amides is 2. The molecule has 5 rings (SSSR count). The Morgan fingerprint density at radius 2 is 2.00 bits per heavy atom. The molecule has 12 nitrogen and oxygen atoms in total. The van der Waals surface area contributed by atoms with E-state index in [1.807, 2.05) is 42.5 Å². The number of imidazole rings is 1. The van der Waals surface area contributed by atoms with Crippen molar-refractivity contribution in [3.05, 3.63) is 55.1 Å². The minimum atomic E-state index is -2.79. The third-order valence-electron chi connectivity index (χ3n) is 5.49. The molecule has 2 amide bonds. The molecule has 0 aliphatic carbocycles. The van der Waals surface area contributed by atoms with Gasteiger partial charge >= 0.3 is 14.3 Å². The summed E-state index contributed by atoms with van der Waals surface area (Å²) in [5.41, 5.74) is 1.38. The van der Waals surface area contributed by atoms with Crippen LogP contribution in [0.1, 0.15) is 12.6 Å². The molecule has 0 saturated carbocycles. The molecule has 13 heteroatoms. The number of rotatable bonds is 6. The highest BCUT2D eigenvalue weighted by Gasteiger charge is 2.38. The first kappa shape index (κ1) is 22.3. The van der Waals surface area contributed by atoms with Gasteiger partial charge in [-0.3, -0.25) is 9.88 Å². The van der Waals surface area contributed by atoms with Crippen molar-refractivity contribution in [3.8, 4) is 0 Å². The first-order chi connectivity index (χ1) is 16.5. The number of aliphatic hydroxyl groups excluding tert-OH is 1. The fraction of sp³-hybridized carbons (Fsp3) is 0.238. The number of aliphatic hydroxyl groups is 1. The van der Waals surface area contributed by atoms with Crippen LogP contribution in [-0.4, -0.2) is 54.4 Å². The number of anilines is 2. The molecule has 1 fully saturated rings. The van der Waals surface area contributed by atoms with Gasteiger partial charge < -0.3 is 15.2 Å². The lowest BCUT2D eigenvalue weighted by Crippen LogP contribution is -2.25. The molecule has 0 spiro atoms. The smallest absolute Gasteiger partial charge is 0.390 e. The zero-order valence-corrected chi connectivity index (χ0v) is 18.5. The van der Waals surface area contributed by atoms with Gasteiger partial charge in [0.1, 0.15) is 25.3 Å². The summed E-state index contributed by atoms with van der Waals surface area (Å²) in [5, 5.41) is 17.7. The Balaban J connectivity index is 1.33. The molecule has 4 aromatic rings. The van der Waals surface area contributed by atoms with Gasteiger partial charge in [0.15, 0.2) is 17.0 Å². The van der Waals surface area contributed by atoms with E-state index in [4.69, 9.17) is 9.63 Å². The van der Waals surface area contributed by atoms with Crippen LogP contribution in [0.3, 0.4) is 0 Å². The second kappa shape index (κ2) is 9.37. The highest BCUT2D eigenvalue weighted by molar-refractivity contribution is 7.32. The Morgan fingerprint density at radius 3 is 2.85 bits per heavy atom. The van der Waals surface area contributed by atoms with E-state index in [1.54, 1.807) is 4.57 Å². The summed E-state index contributed by atoms with van der Waals surface area (Å²) in [4.78, 5) is 34.2. The number of hydrogen-bond acceptors (Lipinski definition) is 8. The fourth-order valence-electron chi connectivity index (χ4n) is 3.92. The lowest BCUT2D eigenvalue weighted by atomic mass is 10.1. The first-order valence-electron chi connectivity index (χ1n) is 10.4. The van der Waals surface area contributed by atoms with Crippen LogP contribution in [0.5, 0.6) is 0 Å². The van der Waals surface area contributed by atoms with E-state index in [0.717, 1.165) is 10.8 Å². The average Bonchev–Trinajstić information content (AvgIpc) is 3.42. The summed E-state index contributed by atoms with van der Waals surface area (Å²) < 4.78 is 22.8. The maximum atomic E-state index is 12.7. The van der Waals surface area contributed by atoms with Gasteiger partial charge in [-0.1, -0.05) is 36.4 Å². The van der Waals surface area contributed by atoms with E-state index in [1.165, 1.54) is 12.7 Å². The van der Waals surface area contributed by atoms with Gasteiger partial charge in [0.25, 0.3) is 0 Å². The number of fused-ring (bicyclic) bond motifs is 2. The fourth-order valence-corrected chi connectivity index (χ4v) is 4.20. The Morgan fingerprint density at radius 1 is 1.18 bits per heavy atom. The molecule has 174 valence electrons. The molecule has 4 N–H and O–H groups in total. The van der Waals surface area contributed by atoms with Crippen molar-refractivity contribution in [1.29, 1.82) is 0 Å². The Labute approximate surface area is 193 Å². The monoisotopic (exact) mass is 483 g/mol. The number of nitrogens with one attached hydrogen (secondary N) is 2. The van der Waals surface area contributed by atoms with Crippen molar-refractivity contribution in [3.63, 3.8) is 0 Å². The van der Waals surface area contributed by atoms with Crippen molar-refractivity contribution >= 4 is 47.7 Å². The maximum Gasteiger partial charge on any atom is 0.694 e. The van der Waals surface area contributed by atoms with Crippen molar-refractivity contribution in [2.45, 2.75) is 24.9 Å². The normalized spacial score (nSPS) is 20.5. The number of carbonyl (C=O) groups excluding carboxylic acids is 1. The van der Waals surface area contributed by atoms with Crippen molar-refractivity contribution in [1.82, 2.24) is 19.5 Å². The number of benzene rings is 2. The number of aromatic nitrogens is 4. The van der Waals surface area contributed by atoms with Gasteiger partial charge in [0.2, 0.25) is 0 Å². The summed E-state index contributed by atoms with van der Waals surface area (Å²) in [6, 6.07) is 12.8. The van der Waals surface area contributed by atoms with Crippen LogP contribution in [-0.2, 0) is 13.8 Å². The van der Waals surface area contributed by atoms with E-state index >= 15 is 0 Å². The molecule has 1 aliphatic rings. The van der Waals surface area contributed by atoms with Gasteiger partial charge in [-0.15, -0.1) is 9.42 Å². The highest BCUT2D eigenvalue weighted by atomic mass is 31.1. The summed E-state index contributed by atoms with van der Waals surface area (Å²) in [6.07, 6.45) is 0.660. The molecule has 1 aliphatic heterocycles. The number of ether oxygens (including phenoxy) is 1. The predicted octanol–water partition coefficient (Wildman–Crippen LogP) is 2.94. The summed E-state index contributed by atoms with van der Waals surface area (Å²) in [7, 11) is -2.79. The number of hydrogen-bond donors (Lipinski definition) is 4. The second-order valence-corrected chi connectivity index (χ2v) is 8.35. The van der Waals surface area contributed by atoms with E-state index in [9.17, 15) is 14.5 Å². The largest absolute Gasteiger partial charge is 0.694 e. The van der Waals surface area contributed by atoms with Crippen LogP contribution >= 0.6 is 8.25 Å². The number of carbonyl (C=O) groups is 1. The van der Waals surface area contributed by atoms with Crippen LogP contribution in [0.25, 0.3) is 21.9 Å². The molecule has 1 unspecified atom stereocenters. The number of nitrogens with zero attached hydrogens (tertiary/aromatic N) is 4. The molecule has 34 heavy (non-hydrogen) atoms. The Bertz CT molecular complexity index is 1380. The van der Waals surface area contributed by atoms with Gasteiger partial charge in [0, 0.05) is 16.4 Å². The summed E-state index contributed by atoms with van der Waals surface area (Å²) >= 11 is 0. The molecular formula is C21H20N6O6P+. The standard InChI is InChI=1S/C21H19N6O6P/c28-15-8-17(33-16(15)9-32-34(30)31)27-11-24-18-19(22-10-23-20(18)27)26-21(29)25-14-7-3-5-12-4-1-2-6-13(12)14/h1-7,10-11,15-17,28H,8-9H2,(H2-,22,23,25,26,29,30,31)/p+1/t15-,16+,17+/m0/s1. The van der Waals surface area contributed by atoms with Gasteiger partial charge in [-0.25, -0.2) is 19.7 Å². The van der Waals surface area contributed by atoms with Crippen LogP contribution < -0.4 is 10.6 Å². The topological polar surface area (TPSA) is 161 Å². The minimum absolute atomic E-state index is 0.204. The molecule has 3 heterocycles. The SMILES string of the molecule is O=C(Nc1cccc2ccccc12)Nc1ncnc2c1ncn2[C@H]1C[C@H](O)[C@@H](CO[P+](=O)O)O1. The molecule has 0 bridgehead atoms. The molecular weight excluding hydrogens is 463 g/mol. The van der Waals surface area contributed by atoms with Crippen molar-refractivity contribution in [2.75, 3.05) is 17.2 Å². The second-order valence-electron chi connectivity index (χ2n) is 7.62. The predicted molar refractivity (Wildman–Crippen MR) is 122 cm³/mol. The zero-order chi connectivity index (χ0) is 23.7. The molecule has 2 aromatic heterocycles. The van der Waals surface area contributed by atoms with Crippen LogP contribution in [0.15, 0.2) is 55.1 Å². The lowest BCUT2D eigenvalue weighted by Gasteiger charge is -2.13. The van der Waals surface area contributed by atoms with Crippen LogP contribution in [0.2, 0.25) is 0 Å². The van der Waals surface area contributed by atoms with E-state index in [2.05, 4.69) is 30.1 Å². The quantitative estimate of drug-likeness (QED) is 0.302. The molecule has 0 radical (unpaired) electrons. The molecule has 2 aromatic carbocycles. The lowest BCUT2D eigenvalue weighted by molar-refractivity contribution is -0.0384. The van der Waals surface area contributed by atoms with Crippen molar-refractivity contribution in [2.24, 2.45) is 0 Å². The van der Waals surface area contributed by atoms with E-state index < -0.39 is 32.7 Å². The van der Waals surface area contributed by atoms with Crippen LogP contribution in [0, 0.1) is 0 Å². The van der Waals surface area contributed by atoms with E-state index in [0.29, 0.717) is 16.9 Å². The maximum absolute atomic E-state index is 12.7. The average molecular weight is 483 g/mol. The summed E-state index contributed by atoms with van der Waals surface area (Å²) in [6.45, 7) is -0.230. The molecule has 4 atom stereocenters. The highest BCUT2D eigenvalue weighted by Crippen LogP contribution is 2.33. The zero-order valence-electron chi connectivity index (χ0n) is 17.6. The van der Waals surface area contributed by atoms with Gasteiger partial charge in [0.05, 0.1) is 18.1 Å². The van der Waals surface area contributed by atoms with Gasteiger partial charge in [-0.2, -0.15) is 0 Å². The Hall–Kier alpha value is -3.54. The molecule has 1 saturated heterocycles. The Kier molecular flexibility index (Phi) is 6.14. The van der Waals surface area contributed by atoms with Crippen molar-refractivity contribution < 1.29 is 28.6 Å². The number of urea groups is 1. The van der Waals surface area contributed by atoms with Gasteiger partial charge in [-0.05, 0) is 11.5 Å². The first-order valence-corrected chi connectivity index (χ1v) is 11.5. The minimum Gasteiger partial charge on any atom is -0.390 e. The third-order valence-corrected chi connectivity index (χ3v) is 5.86. The third kappa shape index (κ3) is 4.45.